The Balaban J connectivity index is 1.88. The lowest BCUT2D eigenvalue weighted by atomic mass is 10.1. The van der Waals surface area contributed by atoms with E-state index in [0.29, 0.717) is 25.2 Å². The van der Waals surface area contributed by atoms with E-state index in [1.54, 1.807) is 17.0 Å². The van der Waals surface area contributed by atoms with Crippen LogP contribution in [0.15, 0.2) is 36.5 Å². The molecule has 0 aliphatic carbocycles. The molecule has 2 N–H and O–H groups in total. The van der Waals surface area contributed by atoms with Gasteiger partial charge in [0.05, 0.1) is 11.9 Å². The Bertz CT molecular complexity index is 741. The third-order valence-corrected chi connectivity index (χ3v) is 4.18. The van der Waals surface area contributed by atoms with Crippen molar-refractivity contribution in [2.24, 2.45) is 11.7 Å². The van der Waals surface area contributed by atoms with Crippen LogP contribution in [0.3, 0.4) is 0 Å². The predicted octanol–water partition coefficient (Wildman–Crippen LogP) is 2.31. The van der Waals surface area contributed by atoms with E-state index < -0.39 is 11.9 Å². The van der Waals surface area contributed by atoms with E-state index in [9.17, 15) is 18.0 Å². The monoisotopic (exact) mass is 338 g/mol. The zero-order valence-corrected chi connectivity index (χ0v) is 12.8. The van der Waals surface area contributed by atoms with Crippen LogP contribution >= 0.6 is 0 Å². The maximum Gasteiger partial charge on any atom is 0.433 e. The van der Waals surface area contributed by atoms with Crippen molar-refractivity contribution in [1.29, 1.82) is 0 Å². The van der Waals surface area contributed by atoms with E-state index in [1.807, 2.05) is 0 Å². The fraction of sp³-hybridized carbons (Fsp3) is 0.375. The van der Waals surface area contributed by atoms with Crippen LogP contribution < -0.4 is 5.73 Å². The molecule has 0 saturated carbocycles. The van der Waals surface area contributed by atoms with Crippen LogP contribution in [0.5, 0.6) is 0 Å². The van der Waals surface area contributed by atoms with Crippen LogP contribution in [0.4, 0.5) is 13.2 Å². The first-order chi connectivity index (χ1) is 11.4. The standard InChI is InChI=1S/C16H17F3N4O/c17-16(18,19)14-4-6-21-23(14)13-3-1-2-12(8-13)15(24)22-7-5-11(9-20)10-22/h1-4,6,8,11H,5,7,9-10,20H2. The zero-order chi connectivity index (χ0) is 17.3. The van der Waals surface area contributed by atoms with E-state index in [0.717, 1.165) is 23.4 Å². The molecule has 128 valence electrons. The van der Waals surface area contributed by atoms with Gasteiger partial charge in [0, 0.05) is 18.7 Å². The quantitative estimate of drug-likeness (QED) is 0.934. The molecule has 1 fully saturated rings. The van der Waals surface area contributed by atoms with Crippen molar-refractivity contribution in [2.45, 2.75) is 12.6 Å². The van der Waals surface area contributed by atoms with Gasteiger partial charge in [-0.25, -0.2) is 4.68 Å². The number of amides is 1. The van der Waals surface area contributed by atoms with Crippen LogP contribution in [0.1, 0.15) is 22.5 Å². The summed E-state index contributed by atoms with van der Waals surface area (Å²) in [4.78, 5) is 14.2. The Hall–Kier alpha value is -2.35. The molecular formula is C16H17F3N4O. The lowest BCUT2D eigenvalue weighted by molar-refractivity contribution is -0.142. The van der Waals surface area contributed by atoms with Crippen molar-refractivity contribution in [1.82, 2.24) is 14.7 Å². The Morgan fingerprint density at radius 1 is 1.33 bits per heavy atom. The van der Waals surface area contributed by atoms with E-state index in [4.69, 9.17) is 5.73 Å². The molecule has 1 aromatic heterocycles. The summed E-state index contributed by atoms with van der Waals surface area (Å²) in [6.45, 7) is 1.71. The molecule has 0 spiro atoms. The summed E-state index contributed by atoms with van der Waals surface area (Å²) in [5.41, 5.74) is 5.29. The largest absolute Gasteiger partial charge is 0.433 e. The molecule has 1 atom stereocenters. The fourth-order valence-corrected chi connectivity index (χ4v) is 2.89. The van der Waals surface area contributed by atoms with Crippen LogP contribution in [0, 0.1) is 5.92 Å². The number of nitrogens with zero attached hydrogens (tertiary/aromatic N) is 3. The third-order valence-electron chi connectivity index (χ3n) is 4.18. The van der Waals surface area contributed by atoms with Crippen molar-refractivity contribution in [3.63, 3.8) is 0 Å². The summed E-state index contributed by atoms with van der Waals surface area (Å²) >= 11 is 0. The Kier molecular flexibility index (Phi) is 4.31. The number of likely N-dealkylation sites (tertiary alicyclic amines) is 1. The molecule has 0 bridgehead atoms. The van der Waals surface area contributed by atoms with E-state index >= 15 is 0 Å². The highest BCUT2D eigenvalue weighted by Crippen LogP contribution is 2.30. The molecular weight excluding hydrogens is 321 g/mol. The third kappa shape index (κ3) is 3.14. The zero-order valence-electron chi connectivity index (χ0n) is 12.8. The van der Waals surface area contributed by atoms with Crippen molar-refractivity contribution in [3.8, 4) is 5.69 Å². The van der Waals surface area contributed by atoms with Crippen molar-refractivity contribution in [2.75, 3.05) is 19.6 Å². The van der Waals surface area contributed by atoms with Gasteiger partial charge in [-0.05, 0) is 43.1 Å². The maximum atomic E-state index is 13.0. The molecule has 8 heteroatoms. The first-order valence-electron chi connectivity index (χ1n) is 7.61. The summed E-state index contributed by atoms with van der Waals surface area (Å²) in [5.74, 6) is 0.0774. The number of rotatable bonds is 3. The highest BCUT2D eigenvalue weighted by atomic mass is 19.4. The maximum absolute atomic E-state index is 13.0. The molecule has 0 radical (unpaired) electrons. The molecule has 1 aliphatic heterocycles. The van der Waals surface area contributed by atoms with Crippen LogP contribution in [-0.2, 0) is 6.18 Å². The smallest absolute Gasteiger partial charge is 0.338 e. The predicted molar refractivity (Wildman–Crippen MR) is 81.6 cm³/mol. The molecule has 2 heterocycles. The van der Waals surface area contributed by atoms with Gasteiger partial charge >= 0.3 is 6.18 Å². The van der Waals surface area contributed by atoms with Gasteiger partial charge in [-0.3, -0.25) is 4.79 Å². The Morgan fingerprint density at radius 3 is 2.79 bits per heavy atom. The van der Waals surface area contributed by atoms with Gasteiger partial charge in [0.15, 0.2) is 0 Å². The minimum atomic E-state index is -4.51. The van der Waals surface area contributed by atoms with Gasteiger partial charge in [0.2, 0.25) is 0 Å². The van der Waals surface area contributed by atoms with Gasteiger partial charge in [-0.1, -0.05) is 6.07 Å². The average Bonchev–Trinajstić information content (AvgIpc) is 3.23. The van der Waals surface area contributed by atoms with E-state index in [1.165, 1.54) is 12.1 Å². The van der Waals surface area contributed by atoms with Gasteiger partial charge in [-0.15, -0.1) is 0 Å². The number of hydrogen-bond acceptors (Lipinski definition) is 3. The van der Waals surface area contributed by atoms with Gasteiger partial charge in [0.1, 0.15) is 5.69 Å². The Labute approximate surface area is 136 Å². The van der Waals surface area contributed by atoms with Crippen molar-refractivity contribution < 1.29 is 18.0 Å². The lowest BCUT2D eigenvalue weighted by Crippen LogP contribution is -2.30. The number of carbonyl (C=O) groups is 1. The van der Waals surface area contributed by atoms with Crippen molar-refractivity contribution >= 4 is 5.91 Å². The first kappa shape index (κ1) is 16.5. The highest BCUT2D eigenvalue weighted by molar-refractivity contribution is 5.95. The molecule has 3 rings (SSSR count). The average molecular weight is 338 g/mol. The molecule has 2 aromatic rings. The van der Waals surface area contributed by atoms with Crippen molar-refractivity contribution in [3.05, 3.63) is 47.8 Å². The number of nitrogens with two attached hydrogens (primary N) is 1. The molecule has 5 nitrogen and oxygen atoms in total. The summed E-state index contributed by atoms with van der Waals surface area (Å²) in [7, 11) is 0. The number of halogens is 3. The molecule has 24 heavy (non-hydrogen) atoms. The number of aromatic nitrogens is 2. The second kappa shape index (κ2) is 6.27. The second-order valence-corrected chi connectivity index (χ2v) is 5.82. The topological polar surface area (TPSA) is 64.2 Å². The first-order valence-corrected chi connectivity index (χ1v) is 7.61. The van der Waals surface area contributed by atoms with Gasteiger partial charge < -0.3 is 10.6 Å². The number of carbonyl (C=O) groups excluding carboxylic acids is 1. The minimum absolute atomic E-state index is 0.200. The van der Waals surface area contributed by atoms with E-state index in [2.05, 4.69) is 5.10 Å². The molecule has 1 aromatic carbocycles. The van der Waals surface area contributed by atoms with Crippen LogP contribution in [-0.4, -0.2) is 40.2 Å². The molecule has 1 unspecified atom stereocenters. The summed E-state index contributed by atoms with van der Waals surface area (Å²) in [6, 6.07) is 6.98. The Morgan fingerprint density at radius 2 is 2.12 bits per heavy atom. The van der Waals surface area contributed by atoms with Gasteiger partial charge in [0.25, 0.3) is 5.91 Å². The summed E-state index contributed by atoms with van der Waals surface area (Å²) in [6.07, 6.45) is -2.58. The normalized spacial score (nSPS) is 18.2. The number of hydrogen-bond donors (Lipinski definition) is 1. The van der Waals surface area contributed by atoms with Crippen LogP contribution in [0.25, 0.3) is 5.69 Å². The minimum Gasteiger partial charge on any atom is -0.338 e. The fourth-order valence-electron chi connectivity index (χ4n) is 2.89. The van der Waals surface area contributed by atoms with Gasteiger partial charge in [-0.2, -0.15) is 18.3 Å². The lowest BCUT2D eigenvalue weighted by Gasteiger charge is -2.17. The molecule has 1 saturated heterocycles. The van der Waals surface area contributed by atoms with E-state index in [-0.39, 0.29) is 17.5 Å². The molecule has 1 aliphatic rings. The SMILES string of the molecule is NCC1CCN(C(=O)c2cccc(-n3nccc3C(F)(F)F)c2)C1. The summed E-state index contributed by atoms with van der Waals surface area (Å²) < 4.78 is 39.8. The highest BCUT2D eigenvalue weighted by Gasteiger charge is 2.35. The number of benzene rings is 1. The number of alkyl halides is 3. The summed E-state index contributed by atoms with van der Waals surface area (Å²) in [5, 5.41) is 3.73. The second-order valence-electron chi connectivity index (χ2n) is 5.82. The van der Waals surface area contributed by atoms with Crippen LogP contribution in [0.2, 0.25) is 0 Å². The molecule has 1 amide bonds.